The summed E-state index contributed by atoms with van der Waals surface area (Å²) in [6, 6.07) is 21.2. The van der Waals surface area contributed by atoms with Gasteiger partial charge in [-0.1, -0.05) is 53.6 Å². The van der Waals surface area contributed by atoms with Crippen LogP contribution in [0.4, 0.5) is 5.69 Å². The minimum Gasteiger partial charge on any atom is -0.481 e. The van der Waals surface area contributed by atoms with Gasteiger partial charge in [-0.3, -0.25) is 9.59 Å². The van der Waals surface area contributed by atoms with Crippen LogP contribution in [0.25, 0.3) is 0 Å². The van der Waals surface area contributed by atoms with E-state index in [1.165, 1.54) is 11.1 Å². The van der Waals surface area contributed by atoms with Crippen LogP contribution in [0.3, 0.4) is 0 Å². The summed E-state index contributed by atoms with van der Waals surface area (Å²) in [4.78, 5) is 28.0. The number of carbonyl (C=O) groups excluding carboxylic acids is 2. The highest BCUT2D eigenvalue weighted by Crippen LogP contribution is 2.41. The molecule has 1 aliphatic heterocycles. The fourth-order valence-corrected chi connectivity index (χ4v) is 4.83. The standard InChI is InChI=1S/C29H29ClN2O3/c1-18-6-8-21(9-7-18)27-26-17-25(13-12-20(26)14-15-32(27)29(34)22-10-11-22)35-19(2)28(33)31-24-5-3-4-23(30)16-24/h3-9,12-13,16-17,19,22,27H,10-11,14-15H2,1-2H3,(H,31,33). The Hall–Kier alpha value is -3.31. The molecule has 35 heavy (non-hydrogen) atoms. The SMILES string of the molecule is Cc1ccc(C2c3cc(OC(C)C(=O)Nc4cccc(Cl)c4)ccc3CCN2C(=O)C2CC2)cc1. The lowest BCUT2D eigenvalue weighted by Gasteiger charge is -2.38. The first-order chi connectivity index (χ1) is 16.9. The van der Waals surface area contributed by atoms with Crippen LogP contribution in [-0.2, 0) is 16.0 Å². The van der Waals surface area contributed by atoms with Crippen molar-refractivity contribution in [3.63, 3.8) is 0 Å². The van der Waals surface area contributed by atoms with E-state index in [1.807, 2.05) is 17.0 Å². The molecule has 1 saturated carbocycles. The van der Waals surface area contributed by atoms with Gasteiger partial charge in [-0.15, -0.1) is 0 Å². The predicted octanol–water partition coefficient (Wildman–Crippen LogP) is 5.94. The second-order valence-corrected chi connectivity index (χ2v) is 9.93. The number of nitrogens with one attached hydrogen (secondary N) is 1. The number of halogens is 1. The van der Waals surface area contributed by atoms with Crippen LogP contribution in [-0.4, -0.2) is 29.4 Å². The van der Waals surface area contributed by atoms with Gasteiger partial charge >= 0.3 is 0 Å². The lowest BCUT2D eigenvalue weighted by molar-refractivity contribution is -0.134. The molecule has 0 saturated heterocycles. The first-order valence-corrected chi connectivity index (χ1v) is 12.5. The average molecular weight is 489 g/mol. The summed E-state index contributed by atoms with van der Waals surface area (Å²) in [5.74, 6) is 0.738. The molecule has 0 radical (unpaired) electrons. The molecule has 2 unspecified atom stereocenters. The molecule has 1 aliphatic carbocycles. The molecule has 2 aliphatic rings. The minimum atomic E-state index is -0.711. The van der Waals surface area contributed by atoms with E-state index in [9.17, 15) is 9.59 Å². The van der Waals surface area contributed by atoms with Crippen molar-refractivity contribution in [3.8, 4) is 5.75 Å². The molecule has 1 fully saturated rings. The first kappa shape index (κ1) is 23.4. The molecule has 0 bridgehead atoms. The topological polar surface area (TPSA) is 58.6 Å². The van der Waals surface area contributed by atoms with Gasteiger partial charge in [-0.2, -0.15) is 0 Å². The van der Waals surface area contributed by atoms with Crippen molar-refractivity contribution < 1.29 is 14.3 Å². The molecule has 5 rings (SSSR count). The molecule has 3 aromatic carbocycles. The monoisotopic (exact) mass is 488 g/mol. The molecular formula is C29H29ClN2O3. The maximum atomic E-state index is 13.2. The molecule has 6 heteroatoms. The van der Waals surface area contributed by atoms with E-state index in [-0.39, 0.29) is 23.8 Å². The number of benzene rings is 3. The second kappa shape index (κ2) is 9.74. The zero-order valence-corrected chi connectivity index (χ0v) is 20.7. The number of aryl methyl sites for hydroxylation is 1. The maximum absolute atomic E-state index is 13.2. The summed E-state index contributed by atoms with van der Waals surface area (Å²) in [6.07, 6.45) is 2.05. The van der Waals surface area contributed by atoms with Gasteiger partial charge in [0.2, 0.25) is 5.91 Å². The van der Waals surface area contributed by atoms with Crippen LogP contribution in [0.5, 0.6) is 5.75 Å². The Labute approximate surface area is 211 Å². The Kier molecular flexibility index (Phi) is 6.52. The van der Waals surface area contributed by atoms with Crippen LogP contribution in [0.1, 0.15) is 48.1 Å². The van der Waals surface area contributed by atoms with E-state index in [2.05, 4.69) is 42.6 Å². The highest BCUT2D eigenvalue weighted by Gasteiger charge is 2.39. The van der Waals surface area contributed by atoms with Crippen molar-refractivity contribution in [3.05, 3.63) is 94.0 Å². The normalized spacial score (nSPS) is 17.9. The molecular weight excluding hydrogens is 460 g/mol. The van der Waals surface area contributed by atoms with Crippen LogP contribution < -0.4 is 10.1 Å². The zero-order valence-electron chi connectivity index (χ0n) is 20.0. The Morgan fingerprint density at radius 2 is 1.83 bits per heavy atom. The van der Waals surface area contributed by atoms with Crippen molar-refractivity contribution in [1.29, 1.82) is 0 Å². The Morgan fingerprint density at radius 3 is 2.54 bits per heavy atom. The number of anilines is 1. The molecule has 1 heterocycles. The molecule has 0 spiro atoms. The molecule has 1 N–H and O–H groups in total. The molecule has 2 amide bonds. The number of carbonyl (C=O) groups is 2. The van der Waals surface area contributed by atoms with Gasteiger partial charge in [-0.05, 0) is 80.1 Å². The van der Waals surface area contributed by atoms with Gasteiger partial charge in [0.15, 0.2) is 6.10 Å². The van der Waals surface area contributed by atoms with Crippen molar-refractivity contribution in [2.75, 3.05) is 11.9 Å². The predicted molar refractivity (Wildman–Crippen MR) is 138 cm³/mol. The lowest BCUT2D eigenvalue weighted by Crippen LogP contribution is -2.41. The fraction of sp³-hybridized carbons (Fsp3) is 0.310. The van der Waals surface area contributed by atoms with Crippen LogP contribution in [0.2, 0.25) is 5.02 Å². The van der Waals surface area contributed by atoms with Crippen LogP contribution in [0, 0.1) is 12.8 Å². The summed E-state index contributed by atoms with van der Waals surface area (Å²) in [6.45, 7) is 4.49. The number of nitrogens with zero attached hydrogens (tertiary/aromatic N) is 1. The summed E-state index contributed by atoms with van der Waals surface area (Å²) in [5, 5.41) is 3.40. The quantitative estimate of drug-likeness (QED) is 0.467. The van der Waals surface area contributed by atoms with Crippen molar-refractivity contribution >= 4 is 29.1 Å². The van der Waals surface area contributed by atoms with Crippen molar-refractivity contribution in [2.45, 2.75) is 45.3 Å². The number of hydrogen-bond donors (Lipinski definition) is 1. The van der Waals surface area contributed by atoms with Gasteiger partial charge in [0.1, 0.15) is 5.75 Å². The van der Waals surface area contributed by atoms with E-state index in [1.54, 1.807) is 31.2 Å². The molecule has 0 aromatic heterocycles. The first-order valence-electron chi connectivity index (χ1n) is 12.1. The highest BCUT2D eigenvalue weighted by molar-refractivity contribution is 6.30. The summed E-state index contributed by atoms with van der Waals surface area (Å²) < 4.78 is 6.06. The molecule has 3 aromatic rings. The number of fused-ring (bicyclic) bond motifs is 1. The Balaban J connectivity index is 1.40. The number of rotatable bonds is 6. The summed E-state index contributed by atoms with van der Waals surface area (Å²) in [5.41, 5.74) is 5.17. The summed E-state index contributed by atoms with van der Waals surface area (Å²) >= 11 is 6.02. The van der Waals surface area contributed by atoms with E-state index in [4.69, 9.17) is 16.3 Å². The second-order valence-electron chi connectivity index (χ2n) is 9.49. The molecule has 2 atom stereocenters. The third-order valence-corrected chi connectivity index (χ3v) is 6.96. The van der Waals surface area contributed by atoms with Gasteiger partial charge in [0, 0.05) is 23.2 Å². The van der Waals surface area contributed by atoms with E-state index >= 15 is 0 Å². The lowest BCUT2D eigenvalue weighted by atomic mass is 9.87. The average Bonchev–Trinajstić information content (AvgIpc) is 3.69. The minimum absolute atomic E-state index is 0.152. The van der Waals surface area contributed by atoms with Crippen LogP contribution >= 0.6 is 11.6 Å². The van der Waals surface area contributed by atoms with Gasteiger partial charge < -0.3 is 15.0 Å². The largest absolute Gasteiger partial charge is 0.481 e. The summed E-state index contributed by atoms with van der Waals surface area (Å²) in [7, 11) is 0. The number of ether oxygens (including phenoxy) is 1. The van der Waals surface area contributed by atoms with E-state index in [0.29, 0.717) is 23.0 Å². The van der Waals surface area contributed by atoms with Gasteiger partial charge in [-0.25, -0.2) is 0 Å². The van der Waals surface area contributed by atoms with Crippen molar-refractivity contribution in [1.82, 2.24) is 4.90 Å². The van der Waals surface area contributed by atoms with Gasteiger partial charge in [0.05, 0.1) is 6.04 Å². The Bertz CT molecular complexity index is 1250. The third kappa shape index (κ3) is 5.20. The fourth-order valence-electron chi connectivity index (χ4n) is 4.64. The molecule has 180 valence electrons. The number of amides is 2. The third-order valence-electron chi connectivity index (χ3n) is 6.72. The van der Waals surface area contributed by atoms with E-state index < -0.39 is 6.10 Å². The molecule has 5 nitrogen and oxygen atoms in total. The smallest absolute Gasteiger partial charge is 0.265 e. The zero-order chi connectivity index (χ0) is 24.5. The van der Waals surface area contributed by atoms with Crippen molar-refractivity contribution in [2.24, 2.45) is 5.92 Å². The number of hydrogen-bond acceptors (Lipinski definition) is 3. The van der Waals surface area contributed by atoms with Gasteiger partial charge in [0.25, 0.3) is 5.91 Å². The van der Waals surface area contributed by atoms with E-state index in [0.717, 1.165) is 30.4 Å². The maximum Gasteiger partial charge on any atom is 0.265 e. The Morgan fingerprint density at radius 1 is 1.06 bits per heavy atom. The van der Waals surface area contributed by atoms with Crippen LogP contribution in [0.15, 0.2) is 66.7 Å². The highest BCUT2D eigenvalue weighted by atomic mass is 35.5.